The maximum Gasteiger partial charge on any atom is 0.270 e. The van der Waals surface area contributed by atoms with Crippen LogP contribution in [-0.2, 0) is 0 Å². The summed E-state index contributed by atoms with van der Waals surface area (Å²) in [7, 11) is 2.97. The Morgan fingerprint density at radius 3 is 2.48 bits per heavy atom. The van der Waals surface area contributed by atoms with Gasteiger partial charge < -0.3 is 14.8 Å². The standard InChI is InChI=1S/C15H13BrN2O5/c1-22-13-8-12(14(23-2)7-11(13)16)17-15(19)9-4-3-5-10(6-9)18(20)21/h3-8H,1-2H3,(H,17,19). The van der Waals surface area contributed by atoms with E-state index in [4.69, 9.17) is 9.47 Å². The highest BCUT2D eigenvalue weighted by molar-refractivity contribution is 9.10. The highest BCUT2D eigenvalue weighted by Crippen LogP contribution is 2.36. The molecule has 1 N–H and O–H groups in total. The van der Waals surface area contributed by atoms with Gasteiger partial charge in [0.25, 0.3) is 11.6 Å². The molecule has 2 aromatic carbocycles. The van der Waals surface area contributed by atoms with E-state index in [0.29, 0.717) is 21.7 Å². The minimum atomic E-state index is -0.556. The van der Waals surface area contributed by atoms with Crippen LogP contribution in [0.1, 0.15) is 10.4 Å². The van der Waals surface area contributed by atoms with Crippen LogP contribution in [0.5, 0.6) is 11.5 Å². The number of nitro groups is 1. The minimum absolute atomic E-state index is 0.155. The van der Waals surface area contributed by atoms with Gasteiger partial charge in [-0.3, -0.25) is 14.9 Å². The fraction of sp³-hybridized carbons (Fsp3) is 0.133. The second-order valence-corrected chi connectivity index (χ2v) is 5.30. The van der Waals surface area contributed by atoms with Crippen molar-refractivity contribution in [1.82, 2.24) is 0 Å². The van der Waals surface area contributed by atoms with Crippen LogP contribution in [0.3, 0.4) is 0 Å². The van der Waals surface area contributed by atoms with E-state index >= 15 is 0 Å². The number of amides is 1. The number of nitro benzene ring substituents is 1. The molecule has 23 heavy (non-hydrogen) atoms. The summed E-state index contributed by atoms with van der Waals surface area (Å²) < 4.78 is 11.1. The zero-order valence-corrected chi connectivity index (χ0v) is 13.9. The molecule has 2 rings (SSSR count). The third kappa shape index (κ3) is 3.78. The van der Waals surface area contributed by atoms with Crippen molar-refractivity contribution in [2.24, 2.45) is 0 Å². The van der Waals surface area contributed by atoms with E-state index in [-0.39, 0.29) is 11.3 Å². The van der Waals surface area contributed by atoms with Crippen LogP contribution in [0.25, 0.3) is 0 Å². The molecule has 0 aliphatic carbocycles. The summed E-state index contributed by atoms with van der Waals surface area (Å²) >= 11 is 3.33. The van der Waals surface area contributed by atoms with E-state index < -0.39 is 10.8 Å². The summed E-state index contributed by atoms with van der Waals surface area (Å²) in [6.07, 6.45) is 0. The number of methoxy groups -OCH3 is 2. The number of nitrogens with zero attached hydrogens (tertiary/aromatic N) is 1. The first-order chi connectivity index (χ1) is 11.0. The molecule has 2 aromatic rings. The predicted molar refractivity (Wildman–Crippen MR) is 88.3 cm³/mol. The Morgan fingerprint density at radius 1 is 1.17 bits per heavy atom. The Labute approximate surface area is 140 Å². The summed E-state index contributed by atoms with van der Waals surface area (Å²) in [5, 5.41) is 13.4. The normalized spacial score (nSPS) is 10.0. The average Bonchev–Trinajstić information content (AvgIpc) is 2.55. The largest absolute Gasteiger partial charge is 0.495 e. The number of rotatable bonds is 5. The summed E-state index contributed by atoms with van der Waals surface area (Å²) in [5.41, 5.74) is 0.408. The van der Waals surface area contributed by atoms with E-state index in [2.05, 4.69) is 21.2 Å². The number of halogens is 1. The van der Waals surface area contributed by atoms with Crippen molar-refractivity contribution in [2.45, 2.75) is 0 Å². The topological polar surface area (TPSA) is 90.7 Å². The van der Waals surface area contributed by atoms with E-state index in [1.54, 1.807) is 12.1 Å². The van der Waals surface area contributed by atoms with Crippen molar-refractivity contribution in [2.75, 3.05) is 19.5 Å². The number of anilines is 1. The Balaban J connectivity index is 2.33. The quantitative estimate of drug-likeness (QED) is 0.631. The highest BCUT2D eigenvalue weighted by atomic mass is 79.9. The second-order valence-electron chi connectivity index (χ2n) is 4.45. The first kappa shape index (κ1) is 16.8. The molecule has 0 fully saturated rings. The van der Waals surface area contributed by atoms with Crippen LogP contribution >= 0.6 is 15.9 Å². The van der Waals surface area contributed by atoms with Crippen LogP contribution < -0.4 is 14.8 Å². The summed E-state index contributed by atoms with van der Waals surface area (Å²) in [4.78, 5) is 22.5. The van der Waals surface area contributed by atoms with Gasteiger partial charge in [-0.15, -0.1) is 0 Å². The Kier molecular flexibility index (Phi) is 5.17. The van der Waals surface area contributed by atoms with Crippen molar-refractivity contribution >= 4 is 33.2 Å². The Hall–Kier alpha value is -2.61. The van der Waals surface area contributed by atoms with Gasteiger partial charge in [0, 0.05) is 29.8 Å². The molecule has 0 bridgehead atoms. The van der Waals surface area contributed by atoms with Crippen molar-refractivity contribution in [3.05, 3.63) is 56.5 Å². The third-order valence-corrected chi connectivity index (χ3v) is 3.66. The van der Waals surface area contributed by atoms with E-state index in [1.807, 2.05) is 0 Å². The van der Waals surface area contributed by atoms with Crippen molar-refractivity contribution in [3.63, 3.8) is 0 Å². The van der Waals surface area contributed by atoms with Crippen molar-refractivity contribution < 1.29 is 19.2 Å². The smallest absolute Gasteiger partial charge is 0.270 e. The Morgan fingerprint density at radius 2 is 1.87 bits per heavy atom. The number of carbonyl (C=O) groups excluding carboxylic acids is 1. The van der Waals surface area contributed by atoms with Gasteiger partial charge in [0.1, 0.15) is 11.5 Å². The van der Waals surface area contributed by atoms with Crippen LogP contribution in [-0.4, -0.2) is 25.1 Å². The van der Waals surface area contributed by atoms with Crippen LogP contribution in [0.2, 0.25) is 0 Å². The van der Waals surface area contributed by atoms with Gasteiger partial charge in [-0.25, -0.2) is 0 Å². The molecule has 0 spiro atoms. The lowest BCUT2D eigenvalue weighted by Crippen LogP contribution is -2.13. The molecular weight excluding hydrogens is 368 g/mol. The van der Waals surface area contributed by atoms with Gasteiger partial charge in [0.2, 0.25) is 0 Å². The monoisotopic (exact) mass is 380 g/mol. The highest BCUT2D eigenvalue weighted by Gasteiger charge is 2.15. The van der Waals surface area contributed by atoms with Gasteiger partial charge in [0.15, 0.2) is 0 Å². The maximum absolute atomic E-state index is 12.3. The predicted octanol–water partition coefficient (Wildman–Crippen LogP) is 3.63. The van der Waals surface area contributed by atoms with Crippen molar-refractivity contribution in [3.8, 4) is 11.5 Å². The molecule has 0 saturated heterocycles. The fourth-order valence-electron chi connectivity index (χ4n) is 1.91. The molecular formula is C15H13BrN2O5. The van der Waals surface area contributed by atoms with Gasteiger partial charge in [-0.1, -0.05) is 6.07 Å². The van der Waals surface area contributed by atoms with Crippen molar-refractivity contribution in [1.29, 1.82) is 0 Å². The lowest BCUT2D eigenvalue weighted by atomic mass is 10.2. The molecule has 0 radical (unpaired) electrons. The number of hydrogen-bond donors (Lipinski definition) is 1. The molecule has 0 aliphatic rings. The van der Waals surface area contributed by atoms with Gasteiger partial charge in [-0.05, 0) is 22.0 Å². The molecule has 0 saturated carbocycles. The van der Waals surface area contributed by atoms with Crippen LogP contribution in [0.4, 0.5) is 11.4 Å². The number of hydrogen-bond acceptors (Lipinski definition) is 5. The van der Waals surface area contributed by atoms with E-state index in [9.17, 15) is 14.9 Å². The zero-order chi connectivity index (χ0) is 17.0. The summed E-state index contributed by atoms with van der Waals surface area (Å²) in [5.74, 6) is 0.452. The first-order valence-corrected chi connectivity index (χ1v) is 7.23. The minimum Gasteiger partial charge on any atom is -0.495 e. The lowest BCUT2D eigenvalue weighted by Gasteiger charge is -2.13. The second kappa shape index (κ2) is 7.10. The SMILES string of the molecule is COc1cc(NC(=O)c2cccc([N+](=O)[O-])c2)c(OC)cc1Br. The molecule has 0 heterocycles. The molecule has 0 aromatic heterocycles. The summed E-state index contributed by atoms with van der Waals surface area (Å²) in [6.45, 7) is 0. The van der Waals surface area contributed by atoms with Gasteiger partial charge >= 0.3 is 0 Å². The molecule has 8 heteroatoms. The van der Waals surface area contributed by atoms with Crippen LogP contribution in [0.15, 0.2) is 40.9 Å². The maximum atomic E-state index is 12.3. The number of nitrogens with one attached hydrogen (secondary N) is 1. The van der Waals surface area contributed by atoms with E-state index in [0.717, 1.165) is 0 Å². The molecule has 0 unspecified atom stereocenters. The van der Waals surface area contributed by atoms with Gasteiger partial charge in [0.05, 0.1) is 29.3 Å². The molecule has 0 atom stereocenters. The first-order valence-electron chi connectivity index (χ1n) is 6.43. The number of benzene rings is 2. The van der Waals surface area contributed by atoms with Gasteiger partial charge in [-0.2, -0.15) is 0 Å². The third-order valence-electron chi connectivity index (χ3n) is 3.04. The fourth-order valence-corrected chi connectivity index (χ4v) is 2.40. The molecule has 0 aliphatic heterocycles. The lowest BCUT2D eigenvalue weighted by molar-refractivity contribution is -0.384. The zero-order valence-electron chi connectivity index (χ0n) is 12.3. The molecule has 120 valence electrons. The molecule has 7 nitrogen and oxygen atoms in total. The number of non-ortho nitro benzene ring substituents is 1. The van der Waals surface area contributed by atoms with E-state index in [1.165, 1.54) is 38.5 Å². The summed E-state index contributed by atoms with van der Waals surface area (Å²) in [6, 6.07) is 8.72. The average molecular weight is 381 g/mol. The van der Waals surface area contributed by atoms with Crippen LogP contribution in [0, 0.1) is 10.1 Å². The number of carbonyl (C=O) groups is 1. The molecule has 1 amide bonds. The number of ether oxygens (including phenoxy) is 2. The Bertz CT molecular complexity index is 764.